The Morgan fingerprint density at radius 2 is 2.24 bits per heavy atom. The van der Waals surface area contributed by atoms with Crippen molar-refractivity contribution in [2.75, 3.05) is 6.54 Å². The fraction of sp³-hybridized carbons (Fsp3) is 0.467. The van der Waals surface area contributed by atoms with Crippen LogP contribution in [0.2, 0.25) is 5.02 Å². The lowest BCUT2D eigenvalue weighted by Crippen LogP contribution is -2.18. The number of aryl methyl sites for hydroxylation is 1. The minimum atomic E-state index is 0.770. The minimum absolute atomic E-state index is 0.770. The van der Waals surface area contributed by atoms with Crippen LogP contribution in [0.25, 0.3) is 6.08 Å². The fourth-order valence-corrected chi connectivity index (χ4v) is 1.96. The molecule has 1 fully saturated rings. The maximum absolute atomic E-state index is 6.13. The normalized spacial score (nSPS) is 16.3. The second-order valence-corrected chi connectivity index (χ2v) is 5.23. The summed E-state index contributed by atoms with van der Waals surface area (Å²) in [5, 5.41) is 4.40. The van der Waals surface area contributed by atoms with E-state index >= 15 is 0 Å². The molecule has 0 spiro atoms. The summed E-state index contributed by atoms with van der Waals surface area (Å²) in [6.45, 7) is 5.24. The van der Waals surface area contributed by atoms with Crippen LogP contribution in [-0.2, 0) is 0 Å². The largest absolute Gasteiger partial charge is 0.310 e. The van der Waals surface area contributed by atoms with E-state index in [9.17, 15) is 0 Å². The smallest absolute Gasteiger partial charge is 0.0441 e. The predicted molar refractivity (Wildman–Crippen MR) is 75.5 cm³/mol. The Bertz CT molecular complexity index is 419. The van der Waals surface area contributed by atoms with Crippen LogP contribution in [0.4, 0.5) is 0 Å². The Morgan fingerprint density at radius 1 is 1.47 bits per heavy atom. The summed E-state index contributed by atoms with van der Waals surface area (Å²) in [7, 11) is 0. The van der Waals surface area contributed by atoms with Gasteiger partial charge in [-0.05, 0) is 43.4 Å². The molecular formula is C15H20ClN. The molecule has 0 aliphatic heterocycles. The zero-order valence-electron chi connectivity index (χ0n) is 10.6. The molecule has 0 bridgehead atoms. The molecule has 1 aromatic carbocycles. The first-order chi connectivity index (χ1) is 8.19. The van der Waals surface area contributed by atoms with Crippen molar-refractivity contribution in [3.05, 3.63) is 39.9 Å². The summed E-state index contributed by atoms with van der Waals surface area (Å²) in [6, 6.07) is 7.03. The molecule has 1 N–H and O–H groups in total. The lowest BCUT2D eigenvalue weighted by atomic mass is 10.1. The number of benzene rings is 1. The van der Waals surface area contributed by atoms with Gasteiger partial charge in [0.1, 0.15) is 0 Å². The SMILES string of the molecule is CC/C(=C/c1ccc(C)c(Cl)c1)CNC1CC1. The molecule has 2 heteroatoms. The minimum Gasteiger partial charge on any atom is -0.310 e. The van der Waals surface area contributed by atoms with Crippen LogP contribution >= 0.6 is 11.6 Å². The molecule has 1 aliphatic carbocycles. The maximum atomic E-state index is 6.13. The van der Waals surface area contributed by atoms with E-state index in [0.717, 1.165) is 29.6 Å². The molecule has 92 valence electrons. The quantitative estimate of drug-likeness (QED) is 0.825. The topological polar surface area (TPSA) is 12.0 Å². The van der Waals surface area contributed by atoms with Gasteiger partial charge in [-0.25, -0.2) is 0 Å². The highest BCUT2D eigenvalue weighted by Gasteiger charge is 2.19. The number of hydrogen-bond donors (Lipinski definition) is 1. The van der Waals surface area contributed by atoms with Crippen LogP contribution in [-0.4, -0.2) is 12.6 Å². The molecule has 0 amide bonds. The Balaban J connectivity index is 2.04. The monoisotopic (exact) mass is 249 g/mol. The van der Waals surface area contributed by atoms with Crippen LogP contribution in [0, 0.1) is 6.92 Å². The van der Waals surface area contributed by atoms with Crippen molar-refractivity contribution in [2.24, 2.45) is 0 Å². The van der Waals surface area contributed by atoms with Gasteiger partial charge in [-0.2, -0.15) is 0 Å². The van der Waals surface area contributed by atoms with Gasteiger partial charge in [-0.1, -0.05) is 42.3 Å². The Morgan fingerprint density at radius 3 is 2.82 bits per heavy atom. The van der Waals surface area contributed by atoms with Crippen LogP contribution in [0.5, 0.6) is 0 Å². The van der Waals surface area contributed by atoms with Gasteiger partial charge in [0.25, 0.3) is 0 Å². The van der Waals surface area contributed by atoms with E-state index in [-0.39, 0.29) is 0 Å². The van der Waals surface area contributed by atoms with E-state index in [0.29, 0.717) is 0 Å². The first-order valence-electron chi connectivity index (χ1n) is 6.38. The molecule has 2 rings (SSSR count). The third-order valence-electron chi connectivity index (χ3n) is 3.22. The third kappa shape index (κ3) is 3.86. The second-order valence-electron chi connectivity index (χ2n) is 4.82. The Hall–Kier alpha value is -0.790. The van der Waals surface area contributed by atoms with E-state index in [2.05, 4.69) is 30.4 Å². The first kappa shape index (κ1) is 12.7. The molecule has 17 heavy (non-hydrogen) atoms. The van der Waals surface area contributed by atoms with Crippen LogP contribution in [0.3, 0.4) is 0 Å². The van der Waals surface area contributed by atoms with Gasteiger partial charge in [0.2, 0.25) is 0 Å². The lowest BCUT2D eigenvalue weighted by Gasteiger charge is -2.07. The third-order valence-corrected chi connectivity index (χ3v) is 3.62. The fourth-order valence-electron chi connectivity index (χ4n) is 1.78. The molecule has 1 nitrogen and oxygen atoms in total. The van der Waals surface area contributed by atoms with Crippen molar-refractivity contribution >= 4 is 17.7 Å². The summed E-state index contributed by atoms with van der Waals surface area (Å²) in [4.78, 5) is 0. The average Bonchev–Trinajstić information content (AvgIpc) is 3.13. The summed E-state index contributed by atoms with van der Waals surface area (Å²) in [6.07, 6.45) is 6.02. The molecule has 0 atom stereocenters. The van der Waals surface area contributed by atoms with Gasteiger partial charge in [-0.15, -0.1) is 0 Å². The van der Waals surface area contributed by atoms with Gasteiger partial charge in [0.15, 0.2) is 0 Å². The van der Waals surface area contributed by atoms with E-state index in [1.54, 1.807) is 0 Å². The van der Waals surface area contributed by atoms with E-state index < -0.39 is 0 Å². The van der Waals surface area contributed by atoms with Crippen LogP contribution < -0.4 is 5.32 Å². The van der Waals surface area contributed by atoms with Crippen molar-refractivity contribution in [3.8, 4) is 0 Å². The van der Waals surface area contributed by atoms with Crippen molar-refractivity contribution in [1.82, 2.24) is 5.32 Å². The van der Waals surface area contributed by atoms with Crippen molar-refractivity contribution in [1.29, 1.82) is 0 Å². The van der Waals surface area contributed by atoms with Crippen molar-refractivity contribution < 1.29 is 0 Å². The highest BCUT2D eigenvalue weighted by Crippen LogP contribution is 2.21. The van der Waals surface area contributed by atoms with Gasteiger partial charge in [0.05, 0.1) is 0 Å². The van der Waals surface area contributed by atoms with Crippen LogP contribution in [0.1, 0.15) is 37.3 Å². The maximum Gasteiger partial charge on any atom is 0.0441 e. The number of rotatable bonds is 5. The van der Waals surface area contributed by atoms with Gasteiger partial charge < -0.3 is 5.32 Å². The van der Waals surface area contributed by atoms with E-state index in [1.807, 2.05) is 13.0 Å². The average molecular weight is 250 g/mol. The number of hydrogen-bond acceptors (Lipinski definition) is 1. The molecule has 1 aromatic rings. The molecule has 0 unspecified atom stereocenters. The predicted octanol–water partition coefficient (Wildman–Crippen LogP) is 4.19. The molecule has 0 aromatic heterocycles. The molecule has 1 aliphatic rings. The molecule has 0 radical (unpaired) electrons. The van der Waals surface area contributed by atoms with Gasteiger partial charge in [-0.3, -0.25) is 0 Å². The van der Waals surface area contributed by atoms with Crippen molar-refractivity contribution in [3.63, 3.8) is 0 Å². The first-order valence-corrected chi connectivity index (χ1v) is 6.76. The van der Waals surface area contributed by atoms with E-state index in [1.165, 1.54) is 24.0 Å². The standard InChI is InChI=1S/C15H20ClN/c1-3-12(10-17-14-6-7-14)8-13-5-4-11(2)15(16)9-13/h4-5,8-9,14,17H,3,6-7,10H2,1-2H3/b12-8-. The number of nitrogens with one attached hydrogen (secondary N) is 1. The van der Waals surface area contributed by atoms with E-state index in [4.69, 9.17) is 11.6 Å². The number of halogens is 1. The summed E-state index contributed by atoms with van der Waals surface area (Å²) in [5.74, 6) is 0. The summed E-state index contributed by atoms with van der Waals surface area (Å²) >= 11 is 6.13. The molecule has 0 heterocycles. The zero-order chi connectivity index (χ0) is 12.3. The Labute approximate surface area is 109 Å². The highest BCUT2D eigenvalue weighted by atomic mass is 35.5. The van der Waals surface area contributed by atoms with Crippen molar-refractivity contribution in [2.45, 2.75) is 39.2 Å². The molecule has 1 saturated carbocycles. The zero-order valence-corrected chi connectivity index (χ0v) is 11.3. The Kier molecular flexibility index (Phi) is 4.25. The van der Waals surface area contributed by atoms with Crippen LogP contribution in [0.15, 0.2) is 23.8 Å². The second kappa shape index (κ2) is 5.70. The molecule has 0 saturated heterocycles. The van der Waals surface area contributed by atoms with Gasteiger partial charge in [0, 0.05) is 17.6 Å². The summed E-state index contributed by atoms with van der Waals surface area (Å²) in [5.41, 5.74) is 3.78. The molecular weight excluding hydrogens is 230 g/mol. The summed E-state index contributed by atoms with van der Waals surface area (Å²) < 4.78 is 0. The van der Waals surface area contributed by atoms with Gasteiger partial charge >= 0.3 is 0 Å². The highest BCUT2D eigenvalue weighted by molar-refractivity contribution is 6.31. The lowest BCUT2D eigenvalue weighted by molar-refractivity contribution is 0.723.